The first-order valence-electron chi connectivity index (χ1n) is 9.04. The number of hydrogen-bond donors (Lipinski definition) is 0. The third kappa shape index (κ3) is 5.29. The zero-order valence-corrected chi connectivity index (χ0v) is 15.0. The van der Waals surface area contributed by atoms with Crippen LogP contribution in [-0.4, -0.2) is 36.5 Å². The summed E-state index contributed by atoms with van der Waals surface area (Å²) in [5.74, 6) is -0.735. The molecular weight excluding hydrogens is 349 g/mol. The van der Waals surface area contributed by atoms with E-state index in [0.717, 1.165) is 24.8 Å². The van der Waals surface area contributed by atoms with Gasteiger partial charge in [0.1, 0.15) is 23.7 Å². The Morgan fingerprint density at radius 1 is 0.963 bits per heavy atom. The lowest BCUT2D eigenvalue weighted by molar-refractivity contribution is -0.135. The van der Waals surface area contributed by atoms with Gasteiger partial charge in [-0.3, -0.25) is 4.79 Å². The summed E-state index contributed by atoms with van der Waals surface area (Å²) in [6.07, 6.45) is 3.10. The van der Waals surface area contributed by atoms with E-state index in [9.17, 15) is 14.0 Å². The topological polar surface area (TPSA) is 55.8 Å². The second-order valence-corrected chi connectivity index (χ2v) is 6.43. The molecule has 1 fully saturated rings. The molecule has 0 radical (unpaired) electrons. The Labute approximate surface area is 157 Å². The summed E-state index contributed by atoms with van der Waals surface area (Å²) < 4.78 is 23.9. The smallest absolute Gasteiger partial charge is 0.342 e. The number of carbonyl (C=O) groups is 2. The zero-order chi connectivity index (χ0) is 19.1. The number of esters is 1. The molecule has 5 nitrogen and oxygen atoms in total. The molecule has 2 aromatic carbocycles. The van der Waals surface area contributed by atoms with Crippen LogP contribution in [0.25, 0.3) is 0 Å². The summed E-state index contributed by atoms with van der Waals surface area (Å²) in [6.45, 7) is 1.35. The maximum absolute atomic E-state index is 13.0. The molecule has 0 unspecified atom stereocenters. The molecule has 1 heterocycles. The fourth-order valence-corrected chi connectivity index (χ4v) is 2.94. The molecule has 3 rings (SSSR count). The van der Waals surface area contributed by atoms with Gasteiger partial charge in [-0.2, -0.15) is 0 Å². The number of rotatable bonds is 6. The van der Waals surface area contributed by atoms with Crippen LogP contribution in [0, 0.1) is 5.82 Å². The Kier molecular flexibility index (Phi) is 6.41. The molecular formula is C21H22FNO4. The van der Waals surface area contributed by atoms with Gasteiger partial charge in [-0.25, -0.2) is 9.18 Å². The highest BCUT2D eigenvalue weighted by atomic mass is 19.1. The Bertz CT molecular complexity index is 785. The molecule has 1 aliphatic rings. The van der Waals surface area contributed by atoms with Crippen molar-refractivity contribution in [1.82, 2.24) is 4.90 Å². The van der Waals surface area contributed by atoms with Crippen molar-refractivity contribution < 1.29 is 23.5 Å². The van der Waals surface area contributed by atoms with Gasteiger partial charge in [-0.15, -0.1) is 0 Å². The molecule has 2 aromatic rings. The van der Waals surface area contributed by atoms with Crippen LogP contribution in [0.15, 0.2) is 48.5 Å². The molecule has 0 bridgehead atoms. The van der Waals surface area contributed by atoms with E-state index < -0.39 is 5.97 Å². The van der Waals surface area contributed by atoms with Crippen LogP contribution in [-0.2, 0) is 16.1 Å². The first-order chi connectivity index (χ1) is 13.1. The van der Waals surface area contributed by atoms with E-state index in [1.165, 1.54) is 12.1 Å². The van der Waals surface area contributed by atoms with Crippen LogP contribution >= 0.6 is 0 Å². The molecule has 6 heteroatoms. The van der Waals surface area contributed by atoms with Crippen molar-refractivity contribution >= 4 is 11.9 Å². The maximum Gasteiger partial charge on any atom is 0.342 e. The first kappa shape index (κ1) is 18.9. The Hall–Kier alpha value is -2.89. The van der Waals surface area contributed by atoms with Crippen molar-refractivity contribution in [3.63, 3.8) is 0 Å². The van der Waals surface area contributed by atoms with Crippen LogP contribution in [0.3, 0.4) is 0 Å². The summed E-state index contributed by atoms with van der Waals surface area (Å²) in [5.41, 5.74) is 1.03. The number of halogens is 1. The largest absolute Gasteiger partial charge is 0.488 e. The van der Waals surface area contributed by atoms with Crippen LogP contribution in [0.2, 0.25) is 0 Å². The van der Waals surface area contributed by atoms with E-state index >= 15 is 0 Å². The highest BCUT2D eigenvalue weighted by Crippen LogP contribution is 2.21. The van der Waals surface area contributed by atoms with Gasteiger partial charge in [0.2, 0.25) is 0 Å². The number of likely N-dealkylation sites (tertiary alicyclic amines) is 1. The summed E-state index contributed by atoms with van der Waals surface area (Å²) in [6, 6.07) is 12.6. The minimum atomic E-state index is -0.602. The average Bonchev–Trinajstić information content (AvgIpc) is 2.72. The fourth-order valence-electron chi connectivity index (χ4n) is 2.94. The number of ether oxygens (including phenoxy) is 2. The summed E-state index contributed by atoms with van der Waals surface area (Å²) >= 11 is 0. The van der Waals surface area contributed by atoms with E-state index in [-0.39, 0.29) is 30.5 Å². The molecule has 1 amide bonds. The standard InChI is InChI=1S/C21H22FNO4/c22-17-10-8-16(9-11-17)14-26-19-7-3-2-6-18(19)21(25)27-15-20(24)23-12-4-1-5-13-23/h2-3,6-11H,1,4-5,12-15H2. The first-order valence-corrected chi connectivity index (χ1v) is 9.04. The lowest BCUT2D eigenvalue weighted by Gasteiger charge is -2.26. The molecule has 1 aliphatic heterocycles. The molecule has 0 atom stereocenters. The summed E-state index contributed by atoms with van der Waals surface area (Å²) in [4.78, 5) is 26.3. The Balaban J connectivity index is 1.57. The van der Waals surface area contributed by atoms with Crippen LogP contribution < -0.4 is 4.74 Å². The Morgan fingerprint density at radius 2 is 1.67 bits per heavy atom. The van der Waals surface area contributed by atoms with Gasteiger partial charge in [0, 0.05) is 13.1 Å². The maximum atomic E-state index is 13.0. The minimum Gasteiger partial charge on any atom is -0.488 e. The number of amides is 1. The van der Waals surface area contributed by atoms with E-state index in [2.05, 4.69) is 0 Å². The zero-order valence-electron chi connectivity index (χ0n) is 15.0. The van der Waals surface area contributed by atoms with Gasteiger partial charge in [-0.05, 0) is 49.1 Å². The molecule has 142 valence electrons. The lowest BCUT2D eigenvalue weighted by atomic mass is 10.1. The van der Waals surface area contributed by atoms with Gasteiger partial charge in [0.15, 0.2) is 6.61 Å². The summed E-state index contributed by atoms with van der Waals surface area (Å²) in [7, 11) is 0. The number of para-hydroxylation sites is 1. The minimum absolute atomic E-state index is 0.173. The van der Waals surface area contributed by atoms with Crippen molar-refractivity contribution in [3.8, 4) is 5.75 Å². The Morgan fingerprint density at radius 3 is 2.41 bits per heavy atom. The third-order valence-corrected chi connectivity index (χ3v) is 4.45. The summed E-state index contributed by atoms with van der Waals surface area (Å²) in [5, 5.41) is 0. The molecule has 0 spiro atoms. The quantitative estimate of drug-likeness (QED) is 0.729. The monoisotopic (exact) mass is 371 g/mol. The highest BCUT2D eigenvalue weighted by Gasteiger charge is 2.20. The highest BCUT2D eigenvalue weighted by molar-refractivity contribution is 5.94. The van der Waals surface area contributed by atoms with E-state index in [4.69, 9.17) is 9.47 Å². The number of carbonyl (C=O) groups excluding carboxylic acids is 2. The second kappa shape index (κ2) is 9.16. The van der Waals surface area contributed by atoms with Crippen molar-refractivity contribution in [2.75, 3.05) is 19.7 Å². The SMILES string of the molecule is O=C(OCC(=O)N1CCCCC1)c1ccccc1OCc1ccc(F)cc1. The molecule has 27 heavy (non-hydrogen) atoms. The van der Waals surface area contributed by atoms with Crippen LogP contribution in [0.4, 0.5) is 4.39 Å². The number of piperidine rings is 1. The van der Waals surface area contributed by atoms with Gasteiger partial charge in [-0.1, -0.05) is 24.3 Å². The fraction of sp³-hybridized carbons (Fsp3) is 0.333. The van der Waals surface area contributed by atoms with Gasteiger partial charge < -0.3 is 14.4 Å². The van der Waals surface area contributed by atoms with E-state index in [1.807, 2.05) is 0 Å². The van der Waals surface area contributed by atoms with Crippen LogP contribution in [0.5, 0.6) is 5.75 Å². The predicted molar refractivity (Wildman–Crippen MR) is 97.9 cm³/mol. The van der Waals surface area contributed by atoms with E-state index in [1.54, 1.807) is 41.3 Å². The van der Waals surface area contributed by atoms with Gasteiger partial charge >= 0.3 is 5.97 Å². The third-order valence-electron chi connectivity index (χ3n) is 4.45. The molecule has 0 aliphatic carbocycles. The number of nitrogens with zero attached hydrogens (tertiary/aromatic N) is 1. The second-order valence-electron chi connectivity index (χ2n) is 6.43. The van der Waals surface area contributed by atoms with Gasteiger partial charge in [0.25, 0.3) is 5.91 Å². The van der Waals surface area contributed by atoms with E-state index in [0.29, 0.717) is 18.8 Å². The number of hydrogen-bond acceptors (Lipinski definition) is 4. The van der Waals surface area contributed by atoms with Crippen molar-refractivity contribution in [2.45, 2.75) is 25.9 Å². The molecule has 0 aromatic heterocycles. The van der Waals surface area contributed by atoms with Crippen molar-refractivity contribution in [1.29, 1.82) is 0 Å². The van der Waals surface area contributed by atoms with Crippen molar-refractivity contribution in [3.05, 3.63) is 65.5 Å². The van der Waals surface area contributed by atoms with Crippen LogP contribution in [0.1, 0.15) is 35.2 Å². The van der Waals surface area contributed by atoms with Crippen molar-refractivity contribution in [2.24, 2.45) is 0 Å². The number of benzene rings is 2. The lowest BCUT2D eigenvalue weighted by Crippen LogP contribution is -2.38. The molecule has 0 N–H and O–H groups in total. The predicted octanol–water partition coefficient (Wildman–Crippen LogP) is 3.57. The molecule has 1 saturated heterocycles. The normalized spacial score (nSPS) is 13.9. The molecule has 0 saturated carbocycles. The van der Waals surface area contributed by atoms with Gasteiger partial charge in [0.05, 0.1) is 0 Å². The average molecular weight is 371 g/mol.